The number of benzene rings is 1. The maximum Gasteiger partial charge on any atom is 0.269 e. The van der Waals surface area contributed by atoms with E-state index in [9.17, 15) is 20.2 Å². The number of rotatable bonds is 2. The Hall–Kier alpha value is -2.94. The molecule has 0 fully saturated rings. The van der Waals surface area contributed by atoms with Crippen molar-refractivity contribution in [1.29, 1.82) is 5.26 Å². The highest BCUT2D eigenvalue weighted by Gasteiger charge is 2.40. The summed E-state index contributed by atoms with van der Waals surface area (Å²) >= 11 is 0. The van der Waals surface area contributed by atoms with E-state index < -0.39 is 10.8 Å². The number of nitrogens with zero attached hydrogens (tertiary/aromatic N) is 2. The first-order chi connectivity index (χ1) is 11.0. The van der Waals surface area contributed by atoms with Crippen molar-refractivity contribution in [2.24, 2.45) is 5.92 Å². The lowest BCUT2D eigenvalue weighted by Crippen LogP contribution is -2.38. The van der Waals surface area contributed by atoms with Gasteiger partial charge in [0, 0.05) is 35.9 Å². The van der Waals surface area contributed by atoms with Gasteiger partial charge in [0.2, 0.25) is 0 Å². The molecule has 0 aromatic heterocycles. The molecule has 1 N–H and O–H groups in total. The third-order valence-electron chi connectivity index (χ3n) is 4.40. The minimum Gasteiger partial charge on any atom is -0.361 e. The highest BCUT2D eigenvalue weighted by Crippen LogP contribution is 2.43. The molecule has 23 heavy (non-hydrogen) atoms. The van der Waals surface area contributed by atoms with E-state index in [-0.39, 0.29) is 17.4 Å². The number of hydrogen-bond acceptors (Lipinski definition) is 5. The molecule has 1 aromatic carbocycles. The minimum atomic E-state index is -0.463. The normalized spacial score (nSPS) is 23.5. The Balaban J connectivity index is 2.12. The summed E-state index contributed by atoms with van der Waals surface area (Å²) < 4.78 is 0. The van der Waals surface area contributed by atoms with Gasteiger partial charge in [-0.2, -0.15) is 5.26 Å². The molecule has 0 saturated carbocycles. The number of non-ortho nitro benzene ring substituents is 1. The van der Waals surface area contributed by atoms with Gasteiger partial charge < -0.3 is 5.32 Å². The fourth-order valence-corrected chi connectivity index (χ4v) is 3.32. The van der Waals surface area contributed by atoms with Crippen LogP contribution in [0.1, 0.15) is 31.2 Å². The standard InChI is InChI=1S/C17H15N3O3/c1-10-13(9-18)16(11-5-7-12(8-6-11)20(22)23)17-14(19-10)3-2-4-15(17)21/h3,5-8,16-17,19H,2,4H2,1H3. The molecular formula is C17H15N3O3. The van der Waals surface area contributed by atoms with Crippen LogP contribution in [-0.2, 0) is 4.79 Å². The van der Waals surface area contributed by atoms with Gasteiger partial charge in [-0.3, -0.25) is 14.9 Å². The van der Waals surface area contributed by atoms with E-state index in [0.717, 1.165) is 17.0 Å². The van der Waals surface area contributed by atoms with E-state index in [1.165, 1.54) is 12.1 Å². The molecule has 1 aliphatic carbocycles. The molecule has 1 aromatic rings. The van der Waals surface area contributed by atoms with Crippen molar-refractivity contribution in [3.8, 4) is 6.07 Å². The van der Waals surface area contributed by atoms with Crippen LogP contribution in [0.2, 0.25) is 0 Å². The predicted molar refractivity (Wildman–Crippen MR) is 83.1 cm³/mol. The van der Waals surface area contributed by atoms with Gasteiger partial charge >= 0.3 is 0 Å². The van der Waals surface area contributed by atoms with Gasteiger partial charge in [-0.25, -0.2) is 0 Å². The zero-order chi connectivity index (χ0) is 16.6. The lowest BCUT2D eigenvalue weighted by Gasteiger charge is -2.36. The van der Waals surface area contributed by atoms with Crippen LogP contribution in [0.15, 0.2) is 47.3 Å². The monoisotopic (exact) mass is 309 g/mol. The Labute approximate surface area is 133 Å². The number of nitro benzene ring substituents is 1. The second-order valence-corrected chi connectivity index (χ2v) is 5.74. The van der Waals surface area contributed by atoms with E-state index in [1.54, 1.807) is 12.1 Å². The summed E-state index contributed by atoms with van der Waals surface area (Å²) in [7, 11) is 0. The number of Topliss-reactive ketones (excluding diaryl/α,β-unsaturated/α-hetero) is 1. The van der Waals surface area contributed by atoms with Crippen molar-refractivity contribution in [2.75, 3.05) is 0 Å². The molecule has 2 unspecified atom stereocenters. The molecule has 0 saturated heterocycles. The third-order valence-corrected chi connectivity index (χ3v) is 4.40. The topological polar surface area (TPSA) is 96.0 Å². The van der Waals surface area contributed by atoms with Crippen LogP contribution in [0.25, 0.3) is 0 Å². The summed E-state index contributed by atoms with van der Waals surface area (Å²) in [6.45, 7) is 1.81. The molecule has 2 atom stereocenters. The highest BCUT2D eigenvalue weighted by molar-refractivity contribution is 5.87. The van der Waals surface area contributed by atoms with E-state index >= 15 is 0 Å². The van der Waals surface area contributed by atoms with Crippen molar-refractivity contribution in [3.63, 3.8) is 0 Å². The number of carbonyl (C=O) groups excluding carboxylic acids is 1. The Bertz CT molecular complexity index is 784. The maximum atomic E-state index is 12.4. The van der Waals surface area contributed by atoms with E-state index in [0.29, 0.717) is 18.4 Å². The molecule has 0 radical (unpaired) electrons. The molecule has 1 aliphatic heterocycles. The number of nitriles is 1. The van der Waals surface area contributed by atoms with Crippen LogP contribution < -0.4 is 5.32 Å². The van der Waals surface area contributed by atoms with Crippen molar-refractivity contribution in [2.45, 2.75) is 25.7 Å². The number of carbonyl (C=O) groups is 1. The van der Waals surface area contributed by atoms with Crippen LogP contribution in [0.5, 0.6) is 0 Å². The Morgan fingerprint density at radius 1 is 1.30 bits per heavy atom. The lowest BCUT2D eigenvalue weighted by atomic mass is 9.71. The number of nitro groups is 1. The fourth-order valence-electron chi connectivity index (χ4n) is 3.32. The minimum absolute atomic E-state index is 0.00682. The zero-order valence-electron chi connectivity index (χ0n) is 12.6. The number of ketones is 1. The van der Waals surface area contributed by atoms with E-state index in [4.69, 9.17) is 0 Å². The van der Waals surface area contributed by atoms with Crippen molar-refractivity contribution >= 4 is 11.5 Å². The molecule has 6 heteroatoms. The summed E-state index contributed by atoms with van der Waals surface area (Å²) in [5.41, 5.74) is 2.82. The van der Waals surface area contributed by atoms with Gasteiger partial charge in [-0.1, -0.05) is 18.2 Å². The highest BCUT2D eigenvalue weighted by atomic mass is 16.6. The number of fused-ring (bicyclic) bond motifs is 1. The third kappa shape index (κ3) is 2.50. The molecule has 3 rings (SSSR count). The Morgan fingerprint density at radius 2 is 2.00 bits per heavy atom. The summed E-state index contributed by atoms with van der Waals surface area (Å²) in [5, 5.41) is 23.5. The molecule has 6 nitrogen and oxygen atoms in total. The summed E-state index contributed by atoms with van der Waals surface area (Å²) in [4.78, 5) is 22.8. The van der Waals surface area contributed by atoms with Gasteiger partial charge in [0.15, 0.2) is 0 Å². The van der Waals surface area contributed by atoms with Crippen LogP contribution in [-0.4, -0.2) is 10.7 Å². The molecular weight excluding hydrogens is 294 g/mol. The average molecular weight is 309 g/mol. The van der Waals surface area contributed by atoms with E-state index in [2.05, 4.69) is 11.4 Å². The van der Waals surface area contributed by atoms with Gasteiger partial charge in [0.25, 0.3) is 5.69 Å². The molecule has 0 spiro atoms. The number of allylic oxidation sites excluding steroid dienone is 4. The van der Waals surface area contributed by atoms with Crippen LogP contribution in [0.3, 0.4) is 0 Å². The van der Waals surface area contributed by atoms with Gasteiger partial charge in [0.05, 0.1) is 22.5 Å². The Morgan fingerprint density at radius 3 is 2.61 bits per heavy atom. The smallest absolute Gasteiger partial charge is 0.269 e. The van der Waals surface area contributed by atoms with Gasteiger partial charge in [0.1, 0.15) is 5.78 Å². The van der Waals surface area contributed by atoms with E-state index in [1.807, 2.05) is 13.0 Å². The first-order valence-electron chi connectivity index (χ1n) is 7.38. The zero-order valence-corrected chi connectivity index (χ0v) is 12.6. The summed E-state index contributed by atoms with van der Waals surface area (Å²) in [5.74, 6) is -0.705. The molecule has 0 amide bonds. The molecule has 0 bridgehead atoms. The van der Waals surface area contributed by atoms with Crippen LogP contribution >= 0.6 is 0 Å². The predicted octanol–water partition coefficient (Wildman–Crippen LogP) is 2.94. The largest absolute Gasteiger partial charge is 0.361 e. The molecule has 2 aliphatic rings. The molecule has 1 heterocycles. The summed E-state index contributed by atoms with van der Waals surface area (Å²) in [6.07, 6.45) is 3.15. The second-order valence-electron chi connectivity index (χ2n) is 5.74. The number of hydrogen-bond donors (Lipinski definition) is 1. The van der Waals surface area contributed by atoms with Crippen molar-refractivity contribution < 1.29 is 9.72 Å². The maximum absolute atomic E-state index is 12.4. The Kier molecular flexibility index (Phi) is 3.70. The second kappa shape index (κ2) is 5.69. The van der Waals surface area contributed by atoms with Crippen LogP contribution in [0, 0.1) is 27.4 Å². The average Bonchev–Trinajstić information content (AvgIpc) is 2.54. The summed E-state index contributed by atoms with van der Waals surface area (Å²) in [6, 6.07) is 8.30. The molecule has 116 valence electrons. The quantitative estimate of drug-likeness (QED) is 0.669. The van der Waals surface area contributed by atoms with Crippen LogP contribution in [0.4, 0.5) is 5.69 Å². The lowest BCUT2D eigenvalue weighted by molar-refractivity contribution is -0.384. The SMILES string of the molecule is CC1=C(C#N)C(c2ccc([N+](=O)[O-])cc2)C2C(=O)CCC=C2N1. The first-order valence-corrected chi connectivity index (χ1v) is 7.38. The van der Waals surface area contributed by atoms with Gasteiger partial charge in [-0.05, 0) is 18.9 Å². The van der Waals surface area contributed by atoms with Crippen molar-refractivity contribution in [1.82, 2.24) is 5.32 Å². The fraction of sp³-hybridized carbons (Fsp3) is 0.294. The first kappa shape index (κ1) is 15.0. The van der Waals surface area contributed by atoms with Crippen molar-refractivity contribution in [3.05, 3.63) is 63.0 Å². The number of nitrogens with one attached hydrogen (secondary N) is 1. The van der Waals surface area contributed by atoms with Gasteiger partial charge in [-0.15, -0.1) is 0 Å².